The largest absolute Gasteiger partial charge is 0.497 e. The van der Waals surface area contributed by atoms with E-state index in [4.69, 9.17) is 16.3 Å². The van der Waals surface area contributed by atoms with Crippen LogP contribution in [-0.4, -0.2) is 51.4 Å². The van der Waals surface area contributed by atoms with Gasteiger partial charge in [-0.1, -0.05) is 86.1 Å². The van der Waals surface area contributed by atoms with Crippen molar-refractivity contribution in [2.45, 2.75) is 37.8 Å². The van der Waals surface area contributed by atoms with E-state index in [0.717, 1.165) is 9.87 Å². The summed E-state index contributed by atoms with van der Waals surface area (Å²) >= 11 is 6.30. The maximum Gasteiger partial charge on any atom is 0.264 e. The van der Waals surface area contributed by atoms with Gasteiger partial charge < -0.3 is 15.0 Å². The van der Waals surface area contributed by atoms with Crippen molar-refractivity contribution in [3.63, 3.8) is 0 Å². The fourth-order valence-corrected chi connectivity index (χ4v) is 6.45. The first-order valence-electron chi connectivity index (χ1n) is 14.7. The van der Waals surface area contributed by atoms with Crippen LogP contribution in [0, 0.1) is 5.92 Å². The number of nitrogens with one attached hydrogen (secondary N) is 1. The third kappa shape index (κ3) is 9.09. The lowest BCUT2D eigenvalue weighted by Gasteiger charge is -2.34. The number of hydrogen-bond acceptors (Lipinski definition) is 5. The molecule has 0 unspecified atom stereocenters. The third-order valence-corrected chi connectivity index (χ3v) is 9.19. The van der Waals surface area contributed by atoms with E-state index in [0.29, 0.717) is 22.9 Å². The Morgan fingerprint density at radius 3 is 2.07 bits per heavy atom. The normalized spacial score (nSPS) is 11.9. The van der Waals surface area contributed by atoms with Crippen molar-refractivity contribution in [3.05, 3.63) is 125 Å². The molecule has 2 amide bonds. The molecule has 0 radical (unpaired) electrons. The van der Waals surface area contributed by atoms with Gasteiger partial charge in [-0.25, -0.2) is 8.42 Å². The second kappa shape index (κ2) is 15.6. The molecule has 0 aromatic heterocycles. The molecular formula is C35H38ClN3O5S. The van der Waals surface area contributed by atoms with Gasteiger partial charge in [0.05, 0.1) is 17.7 Å². The number of carbonyl (C=O) groups is 2. The Bertz CT molecular complexity index is 1670. The topological polar surface area (TPSA) is 96.0 Å². The zero-order valence-corrected chi connectivity index (χ0v) is 27.2. The second-order valence-electron chi connectivity index (χ2n) is 11.0. The molecule has 4 aromatic rings. The average Bonchev–Trinajstić information content (AvgIpc) is 3.05. The van der Waals surface area contributed by atoms with Crippen molar-refractivity contribution < 1.29 is 22.7 Å². The van der Waals surface area contributed by atoms with E-state index in [2.05, 4.69) is 5.32 Å². The van der Waals surface area contributed by atoms with Gasteiger partial charge in [0.15, 0.2) is 0 Å². The van der Waals surface area contributed by atoms with Crippen molar-refractivity contribution in [1.82, 2.24) is 10.2 Å². The molecule has 0 bridgehead atoms. The van der Waals surface area contributed by atoms with Gasteiger partial charge in [-0.15, -0.1) is 0 Å². The Hall–Kier alpha value is -4.34. The first-order valence-corrected chi connectivity index (χ1v) is 16.5. The Labute approximate surface area is 270 Å². The van der Waals surface area contributed by atoms with Crippen LogP contribution in [0.25, 0.3) is 0 Å². The molecule has 0 aliphatic rings. The number of benzene rings is 4. The van der Waals surface area contributed by atoms with Gasteiger partial charge in [-0.05, 0) is 65.6 Å². The molecule has 0 heterocycles. The highest BCUT2D eigenvalue weighted by molar-refractivity contribution is 7.92. The van der Waals surface area contributed by atoms with Gasteiger partial charge in [0.1, 0.15) is 18.3 Å². The Morgan fingerprint density at radius 2 is 1.47 bits per heavy atom. The molecule has 4 aromatic carbocycles. The predicted octanol–water partition coefficient (Wildman–Crippen LogP) is 5.96. The maximum atomic E-state index is 14.5. The summed E-state index contributed by atoms with van der Waals surface area (Å²) in [7, 11) is -2.67. The minimum atomic E-state index is -4.18. The van der Waals surface area contributed by atoms with Gasteiger partial charge in [-0.2, -0.15) is 0 Å². The minimum absolute atomic E-state index is 0.0329. The number of ether oxygens (including phenoxy) is 1. The molecule has 8 nitrogen and oxygen atoms in total. The van der Waals surface area contributed by atoms with Crippen LogP contribution in [0.5, 0.6) is 5.75 Å². The quantitative estimate of drug-likeness (QED) is 0.182. The highest BCUT2D eigenvalue weighted by Gasteiger charge is 2.34. The molecular weight excluding hydrogens is 610 g/mol. The van der Waals surface area contributed by atoms with Crippen LogP contribution in [0.4, 0.5) is 5.69 Å². The summed E-state index contributed by atoms with van der Waals surface area (Å²) in [6.07, 6.45) is 0.227. The van der Waals surface area contributed by atoms with Crippen LogP contribution in [-0.2, 0) is 32.6 Å². The van der Waals surface area contributed by atoms with E-state index >= 15 is 0 Å². The summed E-state index contributed by atoms with van der Waals surface area (Å²) in [5, 5.41) is 3.47. The summed E-state index contributed by atoms with van der Waals surface area (Å²) in [4.78, 5) is 29.8. The number of methoxy groups -OCH3 is 1. The molecule has 0 aliphatic carbocycles. The van der Waals surface area contributed by atoms with Gasteiger partial charge >= 0.3 is 0 Å². The Kier molecular flexibility index (Phi) is 11.6. The molecule has 0 saturated heterocycles. The number of halogens is 1. The van der Waals surface area contributed by atoms with Crippen molar-refractivity contribution in [2.24, 2.45) is 5.92 Å². The molecule has 1 N–H and O–H groups in total. The molecule has 236 valence electrons. The predicted molar refractivity (Wildman–Crippen MR) is 178 cm³/mol. The van der Waals surface area contributed by atoms with Gasteiger partial charge in [0.25, 0.3) is 10.0 Å². The smallest absolute Gasteiger partial charge is 0.264 e. The number of rotatable bonds is 14. The van der Waals surface area contributed by atoms with Crippen LogP contribution in [0.2, 0.25) is 5.02 Å². The number of sulfonamides is 1. The minimum Gasteiger partial charge on any atom is -0.497 e. The van der Waals surface area contributed by atoms with Crippen LogP contribution >= 0.6 is 11.6 Å². The molecule has 1 atom stereocenters. The van der Waals surface area contributed by atoms with Gasteiger partial charge in [-0.3, -0.25) is 13.9 Å². The van der Waals surface area contributed by atoms with Crippen LogP contribution < -0.4 is 14.4 Å². The third-order valence-electron chi connectivity index (χ3n) is 7.17. The van der Waals surface area contributed by atoms with Crippen LogP contribution in [0.1, 0.15) is 25.0 Å². The van der Waals surface area contributed by atoms with E-state index in [1.165, 1.54) is 24.1 Å². The van der Waals surface area contributed by atoms with Gasteiger partial charge in [0, 0.05) is 24.5 Å². The van der Waals surface area contributed by atoms with Crippen molar-refractivity contribution >= 4 is 39.1 Å². The highest BCUT2D eigenvalue weighted by Crippen LogP contribution is 2.27. The van der Waals surface area contributed by atoms with E-state index in [1.807, 2.05) is 50.2 Å². The summed E-state index contributed by atoms with van der Waals surface area (Å²) in [6.45, 7) is 3.88. The molecule has 10 heteroatoms. The van der Waals surface area contributed by atoms with E-state index in [-0.39, 0.29) is 35.4 Å². The average molecular weight is 648 g/mol. The van der Waals surface area contributed by atoms with Crippen molar-refractivity contribution in [2.75, 3.05) is 24.5 Å². The van der Waals surface area contributed by atoms with E-state index < -0.39 is 28.5 Å². The number of amides is 2. The molecule has 0 spiro atoms. The van der Waals surface area contributed by atoms with Crippen molar-refractivity contribution in [3.8, 4) is 5.75 Å². The molecule has 4 rings (SSSR count). The van der Waals surface area contributed by atoms with Gasteiger partial charge in [0.2, 0.25) is 11.8 Å². The van der Waals surface area contributed by atoms with Crippen molar-refractivity contribution in [1.29, 1.82) is 0 Å². The zero-order chi connectivity index (χ0) is 32.4. The summed E-state index contributed by atoms with van der Waals surface area (Å²) in [5.74, 6) is -0.157. The number of nitrogens with zero attached hydrogens (tertiary/aromatic N) is 2. The lowest BCUT2D eigenvalue weighted by atomic mass is 10.0. The fraction of sp³-hybridized carbons (Fsp3) is 0.257. The molecule has 0 aliphatic heterocycles. The summed E-state index contributed by atoms with van der Waals surface area (Å²) in [5.41, 5.74) is 1.84. The maximum absolute atomic E-state index is 14.5. The van der Waals surface area contributed by atoms with E-state index in [9.17, 15) is 18.0 Å². The molecule has 0 saturated carbocycles. The zero-order valence-electron chi connectivity index (χ0n) is 25.6. The van der Waals surface area contributed by atoms with Crippen LogP contribution in [0.15, 0.2) is 114 Å². The summed E-state index contributed by atoms with van der Waals surface area (Å²) in [6, 6.07) is 29.9. The number of hydrogen-bond donors (Lipinski definition) is 1. The lowest BCUT2D eigenvalue weighted by Crippen LogP contribution is -2.53. The second-order valence-corrected chi connectivity index (χ2v) is 13.3. The number of carbonyl (C=O) groups excluding carboxylic acids is 2. The highest BCUT2D eigenvalue weighted by atomic mass is 35.5. The first kappa shape index (κ1) is 33.6. The molecule has 0 fully saturated rings. The SMILES string of the molecule is COc1ccc(N(CC(=O)N(Cc2cccc(Cl)c2)[C@H](Cc2ccccc2)C(=O)NCC(C)C)S(=O)(=O)c2ccccc2)cc1. The Morgan fingerprint density at radius 1 is 0.844 bits per heavy atom. The van der Waals surface area contributed by atoms with Crippen LogP contribution in [0.3, 0.4) is 0 Å². The molecule has 45 heavy (non-hydrogen) atoms. The number of anilines is 1. The lowest BCUT2D eigenvalue weighted by molar-refractivity contribution is -0.140. The monoisotopic (exact) mass is 647 g/mol. The first-order chi connectivity index (χ1) is 21.6. The Balaban J connectivity index is 1.79. The fourth-order valence-electron chi connectivity index (χ4n) is 4.81. The van der Waals surface area contributed by atoms with E-state index in [1.54, 1.807) is 60.7 Å². The summed E-state index contributed by atoms with van der Waals surface area (Å²) < 4.78 is 34.4. The standard InChI is InChI=1S/C35H38ClN3O5S/c1-26(2)23-37-35(41)33(22-27-11-6-4-7-12-27)38(24-28-13-10-14-29(36)21-28)34(40)25-39(30-17-19-31(44-3)20-18-30)45(42,43)32-15-8-5-9-16-32/h4-21,26,33H,22-25H2,1-3H3,(H,37,41)/t33-/m1/s1.